The number of nitrogens with one attached hydrogen (secondary N) is 2. The maximum atomic E-state index is 12.4. The highest BCUT2D eigenvalue weighted by atomic mass is 32.2. The molecule has 1 aliphatic heterocycles. The summed E-state index contributed by atoms with van der Waals surface area (Å²) < 4.78 is 9.77. The van der Waals surface area contributed by atoms with Crippen LogP contribution in [0, 0.1) is 0 Å². The molecule has 28 heavy (non-hydrogen) atoms. The van der Waals surface area contributed by atoms with Gasteiger partial charge < -0.3 is 25.8 Å². The lowest BCUT2D eigenvalue weighted by atomic mass is 10.2. The predicted molar refractivity (Wildman–Crippen MR) is 105 cm³/mol. The molecular formula is C17H26N4O6S. The van der Waals surface area contributed by atoms with E-state index in [0.717, 1.165) is 11.8 Å². The number of hydrogen-bond acceptors (Lipinski definition) is 8. The van der Waals surface area contributed by atoms with Crippen LogP contribution in [-0.4, -0.2) is 59.5 Å². The van der Waals surface area contributed by atoms with Crippen LogP contribution in [0.1, 0.15) is 34.1 Å². The lowest BCUT2D eigenvalue weighted by Crippen LogP contribution is -2.44. The van der Waals surface area contributed by atoms with Crippen LogP contribution in [0.15, 0.2) is 16.8 Å². The molecule has 0 fully saturated rings. The fourth-order valence-corrected chi connectivity index (χ4v) is 3.20. The quantitative estimate of drug-likeness (QED) is 0.405. The van der Waals surface area contributed by atoms with Gasteiger partial charge in [-0.2, -0.15) is 0 Å². The summed E-state index contributed by atoms with van der Waals surface area (Å²) in [6.45, 7) is 6.83. The largest absolute Gasteiger partial charge is 0.464 e. The first-order valence-corrected chi connectivity index (χ1v) is 9.39. The van der Waals surface area contributed by atoms with E-state index in [1.807, 2.05) is 0 Å². The fraction of sp³-hybridized carbons (Fsp3) is 0.588. The third-order valence-corrected chi connectivity index (χ3v) is 4.62. The molecule has 10 nitrogen and oxygen atoms in total. The SMILES string of the molecule is C/C=C(\NC(=O)[C@H]1CN=C([C@H](CC(N)=O)NC(=O)OC(C)(C)C)S1)C(=O)OC. The average molecular weight is 414 g/mol. The van der Waals surface area contributed by atoms with Gasteiger partial charge in [-0.1, -0.05) is 17.8 Å². The molecule has 4 N–H and O–H groups in total. The Morgan fingerprint density at radius 3 is 2.50 bits per heavy atom. The van der Waals surface area contributed by atoms with E-state index in [1.54, 1.807) is 27.7 Å². The Morgan fingerprint density at radius 1 is 1.36 bits per heavy atom. The van der Waals surface area contributed by atoms with Crippen molar-refractivity contribution in [3.8, 4) is 0 Å². The number of amides is 3. The first-order chi connectivity index (χ1) is 13.0. The minimum atomic E-state index is -0.808. The number of rotatable bonds is 7. The van der Waals surface area contributed by atoms with Crippen molar-refractivity contribution in [2.45, 2.75) is 51.0 Å². The van der Waals surface area contributed by atoms with Gasteiger partial charge in [-0.05, 0) is 27.7 Å². The van der Waals surface area contributed by atoms with Crippen LogP contribution in [-0.2, 0) is 23.9 Å². The zero-order valence-corrected chi connectivity index (χ0v) is 17.3. The van der Waals surface area contributed by atoms with Crippen LogP contribution in [0.25, 0.3) is 0 Å². The number of alkyl carbamates (subject to hydrolysis) is 1. The van der Waals surface area contributed by atoms with Gasteiger partial charge in [-0.3, -0.25) is 14.6 Å². The van der Waals surface area contributed by atoms with Crippen molar-refractivity contribution >= 4 is 40.7 Å². The number of allylic oxidation sites excluding steroid dienone is 1. The summed E-state index contributed by atoms with van der Waals surface area (Å²) in [6, 6.07) is -0.808. The number of hydrogen-bond donors (Lipinski definition) is 3. The van der Waals surface area contributed by atoms with Crippen LogP contribution >= 0.6 is 11.8 Å². The van der Waals surface area contributed by atoms with Crippen LogP contribution in [0.5, 0.6) is 0 Å². The van der Waals surface area contributed by atoms with E-state index in [9.17, 15) is 19.2 Å². The van der Waals surface area contributed by atoms with E-state index in [-0.39, 0.29) is 18.7 Å². The highest BCUT2D eigenvalue weighted by Crippen LogP contribution is 2.25. The molecule has 0 radical (unpaired) electrons. The van der Waals surface area contributed by atoms with Gasteiger partial charge in [0.05, 0.1) is 31.2 Å². The first-order valence-electron chi connectivity index (χ1n) is 8.51. The molecule has 0 saturated carbocycles. The van der Waals surface area contributed by atoms with Gasteiger partial charge in [0.15, 0.2) is 0 Å². The van der Waals surface area contributed by atoms with Crippen molar-refractivity contribution in [2.75, 3.05) is 13.7 Å². The maximum Gasteiger partial charge on any atom is 0.408 e. The molecule has 0 aromatic heterocycles. The third-order valence-electron chi connectivity index (χ3n) is 3.31. The van der Waals surface area contributed by atoms with Crippen molar-refractivity contribution in [3.63, 3.8) is 0 Å². The highest BCUT2D eigenvalue weighted by Gasteiger charge is 2.33. The molecule has 0 unspecified atom stereocenters. The molecule has 0 spiro atoms. The highest BCUT2D eigenvalue weighted by molar-refractivity contribution is 8.15. The van der Waals surface area contributed by atoms with Crippen molar-refractivity contribution in [2.24, 2.45) is 10.7 Å². The second-order valence-electron chi connectivity index (χ2n) is 6.84. The van der Waals surface area contributed by atoms with Gasteiger partial charge in [0.2, 0.25) is 11.8 Å². The summed E-state index contributed by atoms with van der Waals surface area (Å²) in [5.74, 6) is -1.75. The number of carbonyl (C=O) groups excluding carboxylic acids is 4. The minimum Gasteiger partial charge on any atom is -0.464 e. The van der Waals surface area contributed by atoms with E-state index in [0.29, 0.717) is 5.04 Å². The van der Waals surface area contributed by atoms with Crippen LogP contribution in [0.3, 0.4) is 0 Å². The summed E-state index contributed by atoms with van der Waals surface area (Å²) in [5.41, 5.74) is 4.56. The number of carbonyl (C=O) groups is 4. The number of aliphatic imine (C=N–C) groups is 1. The van der Waals surface area contributed by atoms with Gasteiger partial charge in [-0.25, -0.2) is 9.59 Å². The second-order valence-corrected chi connectivity index (χ2v) is 8.06. The Kier molecular flexibility index (Phi) is 8.48. The van der Waals surface area contributed by atoms with Gasteiger partial charge >= 0.3 is 12.1 Å². The Morgan fingerprint density at radius 2 is 2.00 bits per heavy atom. The monoisotopic (exact) mass is 414 g/mol. The Hall–Kier alpha value is -2.56. The number of nitrogens with zero attached hydrogens (tertiary/aromatic N) is 1. The maximum absolute atomic E-state index is 12.4. The fourth-order valence-electron chi connectivity index (χ4n) is 2.14. The van der Waals surface area contributed by atoms with Gasteiger partial charge in [0, 0.05) is 0 Å². The van der Waals surface area contributed by atoms with E-state index in [4.69, 9.17) is 10.5 Å². The van der Waals surface area contributed by atoms with Crippen molar-refractivity contribution in [1.29, 1.82) is 0 Å². The molecule has 1 rings (SSSR count). The minimum absolute atomic E-state index is 0.0158. The van der Waals surface area contributed by atoms with E-state index in [2.05, 4.69) is 20.4 Å². The number of methoxy groups -OCH3 is 1. The Balaban J connectivity index is 2.77. The zero-order chi connectivity index (χ0) is 21.5. The molecular weight excluding hydrogens is 388 g/mol. The van der Waals surface area contributed by atoms with Gasteiger partial charge in [-0.15, -0.1) is 0 Å². The zero-order valence-electron chi connectivity index (χ0n) is 16.5. The molecule has 0 aromatic rings. The smallest absolute Gasteiger partial charge is 0.408 e. The van der Waals surface area contributed by atoms with Gasteiger partial charge in [0.1, 0.15) is 16.5 Å². The van der Waals surface area contributed by atoms with E-state index >= 15 is 0 Å². The summed E-state index contributed by atoms with van der Waals surface area (Å²) in [6.07, 6.45) is 0.504. The van der Waals surface area contributed by atoms with Crippen LogP contribution in [0.2, 0.25) is 0 Å². The summed E-state index contributed by atoms with van der Waals surface area (Å²) in [5, 5.41) is 4.78. The van der Waals surface area contributed by atoms with Crippen molar-refractivity contribution in [3.05, 3.63) is 11.8 Å². The van der Waals surface area contributed by atoms with Crippen LogP contribution < -0.4 is 16.4 Å². The van der Waals surface area contributed by atoms with E-state index in [1.165, 1.54) is 13.2 Å². The molecule has 2 atom stereocenters. The topological polar surface area (TPSA) is 149 Å². The van der Waals surface area contributed by atoms with Gasteiger partial charge in [0.25, 0.3) is 0 Å². The summed E-state index contributed by atoms with van der Waals surface area (Å²) >= 11 is 1.08. The molecule has 1 heterocycles. The molecule has 3 amide bonds. The lowest BCUT2D eigenvalue weighted by molar-refractivity contribution is -0.137. The average Bonchev–Trinajstić information content (AvgIpc) is 3.06. The van der Waals surface area contributed by atoms with Crippen molar-refractivity contribution in [1.82, 2.24) is 10.6 Å². The molecule has 156 valence electrons. The standard InChI is InChI=1S/C17H26N4O6S/c1-6-9(15(24)26-5)20-13(23)11-8-19-14(28-11)10(7-12(18)22)21-16(25)27-17(2,3)4/h6,10-11H,7-8H2,1-5H3,(H2,18,22)(H,20,23)(H,21,25)/b9-6-/t10-,11+/m0/s1. The Labute approximate surface area is 167 Å². The normalized spacial score (nSPS) is 18.0. The summed E-state index contributed by atoms with van der Waals surface area (Å²) in [4.78, 5) is 51.6. The number of primary amides is 1. The van der Waals surface area contributed by atoms with E-state index < -0.39 is 40.8 Å². The first kappa shape index (κ1) is 23.5. The molecule has 0 aromatic carbocycles. The molecule has 0 bridgehead atoms. The third kappa shape index (κ3) is 7.59. The predicted octanol–water partition coefficient (Wildman–Crippen LogP) is 0.462. The molecule has 0 aliphatic carbocycles. The molecule has 0 saturated heterocycles. The lowest BCUT2D eigenvalue weighted by Gasteiger charge is -2.23. The second kappa shape index (κ2) is 10.1. The van der Waals surface area contributed by atoms with Crippen molar-refractivity contribution < 1.29 is 28.7 Å². The molecule has 1 aliphatic rings. The molecule has 11 heteroatoms. The summed E-state index contributed by atoms with van der Waals surface area (Å²) in [7, 11) is 1.21. The Bertz CT molecular complexity index is 698. The number of esters is 1. The number of thioether (sulfide) groups is 1. The number of ether oxygens (including phenoxy) is 2. The van der Waals surface area contributed by atoms with Crippen LogP contribution in [0.4, 0.5) is 4.79 Å². The number of nitrogens with two attached hydrogens (primary N) is 1.